The maximum atomic E-state index is 5.63. The van der Waals surface area contributed by atoms with Gasteiger partial charge in [0.2, 0.25) is 0 Å². The lowest BCUT2D eigenvalue weighted by molar-refractivity contribution is 0.358. The summed E-state index contributed by atoms with van der Waals surface area (Å²) in [5.74, 6) is 2.38. The summed E-state index contributed by atoms with van der Waals surface area (Å²) in [5, 5.41) is 0. The van der Waals surface area contributed by atoms with E-state index in [-0.39, 0.29) is 0 Å². The lowest BCUT2D eigenvalue weighted by Crippen LogP contribution is -2.11. The van der Waals surface area contributed by atoms with Crippen molar-refractivity contribution in [3.05, 3.63) is 22.2 Å². The molecule has 1 aliphatic rings. The Morgan fingerprint density at radius 3 is 2.19 bits per heavy atom. The molecule has 0 heterocycles. The predicted octanol–water partition coefficient (Wildman–Crippen LogP) is 6.26. The molecule has 0 amide bonds. The number of methoxy groups -OCH3 is 2. The zero-order chi connectivity index (χ0) is 15.2. The topological polar surface area (TPSA) is 18.5 Å². The molecule has 1 unspecified atom stereocenters. The molecule has 0 bridgehead atoms. The van der Waals surface area contributed by atoms with E-state index in [1.807, 2.05) is 6.07 Å². The van der Waals surface area contributed by atoms with Crippen LogP contribution in [-0.2, 0) is 0 Å². The summed E-state index contributed by atoms with van der Waals surface area (Å²) in [4.78, 5) is 0.341. The molecule has 1 atom stereocenters. The molecule has 0 aliphatic heterocycles. The summed E-state index contributed by atoms with van der Waals surface area (Å²) in [7, 11) is 3.40. The minimum Gasteiger partial charge on any atom is -0.495 e. The first-order chi connectivity index (χ1) is 10.2. The molecule has 1 fully saturated rings. The highest BCUT2D eigenvalue weighted by Gasteiger charge is 2.26. The molecule has 1 aliphatic carbocycles. The largest absolute Gasteiger partial charge is 0.495 e. The van der Waals surface area contributed by atoms with Gasteiger partial charge in [0.05, 0.1) is 14.2 Å². The second-order valence-electron chi connectivity index (χ2n) is 5.71. The van der Waals surface area contributed by atoms with E-state index in [0.29, 0.717) is 10.7 Å². The Bertz CT molecular complexity index is 454. The average Bonchev–Trinajstić information content (AvgIpc) is 2.46. The van der Waals surface area contributed by atoms with Crippen molar-refractivity contribution in [1.82, 2.24) is 0 Å². The number of halogens is 2. The van der Waals surface area contributed by atoms with Crippen LogP contribution >= 0.6 is 31.9 Å². The first-order valence-electron chi connectivity index (χ1n) is 7.73. The third kappa shape index (κ3) is 4.16. The Hall–Kier alpha value is -0.220. The predicted molar refractivity (Wildman–Crippen MR) is 94.7 cm³/mol. The Kier molecular flexibility index (Phi) is 6.87. The number of rotatable bonds is 4. The van der Waals surface area contributed by atoms with Crippen LogP contribution in [0.15, 0.2) is 16.6 Å². The average molecular weight is 420 g/mol. The second-order valence-corrected chi connectivity index (χ2v) is 7.49. The van der Waals surface area contributed by atoms with Gasteiger partial charge in [-0.1, -0.05) is 54.1 Å². The van der Waals surface area contributed by atoms with Gasteiger partial charge in [-0.25, -0.2) is 0 Å². The summed E-state index contributed by atoms with van der Waals surface area (Å²) >= 11 is 7.54. The van der Waals surface area contributed by atoms with Crippen molar-refractivity contribution >= 4 is 31.9 Å². The summed E-state index contributed by atoms with van der Waals surface area (Å²) in [6, 6.07) is 4.14. The highest BCUT2D eigenvalue weighted by Crippen LogP contribution is 2.46. The molecular weight excluding hydrogens is 396 g/mol. The van der Waals surface area contributed by atoms with E-state index in [1.54, 1.807) is 14.2 Å². The molecule has 1 aromatic rings. The van der Waals surface area contributed by atoms with Gasteiger partial charge < -0.3 is 9.47 Å². The van der Waals surface area contributed by atoms with Gasteiger partial charge in [0.1, 0.15) is 16.0 Å². The van der Waals surface area contributed by atoms with Gasteiger partial charge in [-0.2, -0.15) is 0 Å². The van der Waals surface area contributed by atoms with Crippen LogP contribution in [0.2, 0.25) is 0 Å². The van der Waals surface area contributed by atoms with Gasteiger partial charge in [0.25, 0.3) is 0 Å². The fourth-order valence-corrected chi connectivity index (χ4v) is 4.74. The highest BCUT2D eigenvalue weighted by molar-refractivity contribution is 9.10. The third-order valence-corrected chi connectivity index (χ3v) is 6.37. The smallest absolute Gasteiger partial charge is 0.141 e. The standard InChI is InChI=1S/C17H24Br2O2/c1-20-14-11-10-13(17(21-2)16(14)19)15(18)12-8-6-4-3-5-7-9-12/h10-12,15H,3-9H2,1-2H3. The van der Waals surface area contributed by atoms with E-state index < -0.39 is 0 Å². The molecule has 1 saturated carbocycles. The van der Waals surface area contributed by atoms with Crippen molar-refractivity contribution in [3.63, 3.8) is 0 Å². The molecule has 0 saturated heterocycles. The van der Waals surface area contributed by atoms with Gasteiger partial charge in [0.15, 0.2) is 0 Å². The van der Waals surface area contributed by atoms with Crippen LogP contribution in [0.1, 0.15) is 55.3 Å². The number of benzene rings is 1. The SMILES string of the molecule is COc1ccc(C(Br)C2CCCCCCC2)c(OC)c1Br. The number of alkyl halides is 1. The molecule has 1 aromatic carbocycles. The Balaban J connectivity index is 2.24. The summed E-state index contributed by atoms with van der Waals surface area (Å²) < 4.78 is 11.9. The van der Waals surface area contributed by atoms with Crippen molar-refractivity contribution in [2.24, 2.45) is 5.92 Å². The monoisotopic (exact) mass is 418 g/mol. The second kappa shape index (κ2) is 8.42. The van der Waals surface area contributed by atoms with E-state index in [1.165, 1.54) is 50.5 Å². The Labute approximate surface area is 144 Å². The third-order valence-electron chi connectivity index (χ3n) is 4.38. The number of ether oxygens (including phenoxy) is 2. The molecule has 4 heteroatoms. The number of hydrogen-bond acceptors (Lipinski definition) is 2. The minimum absolute atomic E-state index is 0.341. The summed E-state index contributed by atoms with van der Waals surface area (Å²) in [6.07, 6.45) is 9.42. The molecular formula is C17H24Br2O2. The van der Waals surface area contributed by atoms with Crippen LogP contribution in [-0.4, -0.2) is 14.2 Å². The lowest BCUT2D eigenvalue weighted by Gasteiger charge is -2.26. The summed E-state index contributed by atoms with van der Waals surface area (Å²) in [5.41, 5.74) is 1.22. The Morgan fingerprint density at radius 2 is 1.62 bits per heavy atom. The quantitative estimate of drug-likeness (QED) is 0.536. The van der Waals surface area contributed by atoms with Crippen LogP contribution in [0.3, 0.4) is 0 Å². The van der Waals surface area contributed by atoms with E-state index in [4.69, 9.17) is 9.47 Å². The van der Waals surface area contributed by atoms with Gasteiger partial charge in [-0.05, 0) is 40.8 Å². The van der Waals surface area contributed by atoms with E-state index in [0.717, 1.165) is 16.0 Å². The van der Waals surface area contributed by atoms with E-state index >= 15 is 0 Å². The van der Waals surface area contributed by atoms with Crippen LogP contribution in [0.4, 0.5) is 0 Å². The zero-order valence-electron chi connectivity index (χ0n) is 12.8. The summed E-state index contributed by atoms with van der Waals surface area (Å²) in [6.45, 7) is 0. The number of hydrogen-bond donors (Lipinski definition) is 0. The van der Waals surface area contributed by atoms with Crippen molar-refractivity contribution in [1.29, 1.82) is 0 Å². The van der Waals surface area contributed by atoms with Crippen molar-refractivity contribution < 1.29 is 9.47 Å². The normalized spacial score (nSPS) is 18.7. The molecule has 2 rings (SSSR count). The molecule has 118 valence electrons. The molecule has 21 heavy (non-hydrogen) atoms. The van der Waals surface area contributed by atoms with E-state index in [2.05, 4.69) is 37.9 Å². The van der Waals surface area contributed by atoms with Crippen molar-refractivity contribution in [3.8, 4) is 11.5 Å². The van der Waals surface area contributed by atoms with Crippen LogP contribution < -0.4 is 9.47 Å². The molecule has 0 aromatic heterocycles. The van der Waals surface area contributed by atoms with Crippen molar-refractivity contribution in [2.45, 2.75) is 49.8 Å². The zero-order valence-corrected chi connectivity index (χ0v) is 16.0. The fourth-order valence-electron chi connectivity index (χ4n) is 3.17. The molecule has 0 radical (unpaired) electrons. The first kappa shape index (κ1) is 17.1. The van der Waals surface area contributed by atoms with Crippen LogP contribution in [0.25, 0.3) is 0 Å². The van der Waals surface area contributed by atoms with Crippen molar-refractivity contribution in [2.75, 3.05) is 14.2 Å². The van der Waals surface area contributed by atoms with Gasteiger partial charge in [0, 0.05) is 10.4 Å². The maximum Gasteiger partial charge on any atom is 0.141 e. The Morgan fingerprint density at radius 1 is 1.00 bits per heavy atom. The highest BCUT2D eigenvalue weighted by atomic mass is 79.9. The van der Waals surface area contributed by atoms with Crippen LogP contribution in [0, 0.1) is 5.92 Å². The first-order valence-corrected chi connectivity index (χ1v) is 9.44. The van der Waals surface area contributed by atoms with E-state index in [9.17, 15) is 0 Å². The molecule has 2 nitrogen and oxygen atoms in total. The minimum atomic E-state index is 0.341. The lowest BCUT2D eigenvalue weighted by atomic mass is 9.86. The van der Waals surface area contributed by atoms with Crippen LogP contribution in [0.5, 0.6) is 11.5 Å². The molecule has 0 N–H and O–H groups in total. The molecule has 0 spiro atoms. The fraction of sp³-hybridized carbons (Fsp3) is 0.647. The van der Waals surface area contributed by atoms with Gasteiger partial charge >= 0.3 is 0 Å². The van der Waals surface area contributed by atoms with Gasteiger partial charge in [-0.3, -0.25) is 0 Å². The van der Waals surface area contributed by atoms with Gasteiger partial charge in [-0.15, -0.1) is 0 Å². The maximum absolute atomic E-state index is 5.63.